The molecule has 5 aromatic rings. The molecule has 250 valence electrons. The Labute approximate surface area is 280 Å². The number of amides is 1. The largest absolute Gasteiger partial charge is 0.480 e. The van der Waals surface area contributed by atoms with Crippen LogP contribution in [0.1, 0.15) is 46.0 Å². The Kier molecular flexibility index (Phi) is 10.6. The summed E-state index contributed by atoms with van der Waals surface area (Å²) < 4.78 is 31.9. The van der Waals surface area contributed by atoms with Gasteiger partial charge in [0.25, 0.3) is 5.91 Å². The number of sulfonamides is 1. The lowest BCUT2D eigenvalue weighted by Gasteiger charge is -2.33. The van der Waals surface area contributed by atoms with Crippen molar-refractivity contribution in [1.82, 2.24) is 24.8 Å². The number of pyridine rings is 1. The maximum absolute atomic E-state index is 13.8. The number of hydrogen-bond acceptors (Lipinski definition) is 7. The number of anilines is 1. The highest BCUT2D eigenvalue weighted by atomic mass is 32.2. The van der Waals surface area contributed by atoms with Gasteiger partial charge in [0.1, 0.15) is 11.9 Å². The molecular formula is C36H40N6O5S. The number of carbonyl (C=O) groups is 2. The summed E-state index contributed by atoms with van der Waals surface area (Å²) in [5, 5.41) is 21.8. The molecule has 48 heavy (non-hydrogen) atoms. The van der Waals surface area contributed by atoms with Crippen LogP contribution >= 0.6 is 0 Å². The highest BCUT2D eigenvalue weighted by molar-refractivity contribution is 7.89. The van der Waals surface area contributed by atoms with Gasteiger partial charge in [0.15, 0.2) is 0 Å². The Balaban J connectivity index is 1.45. The highest BCUT2D eigenvalue weighted by Crippen LogP contribution is 2.24. The summed E-state index contributed by atoms with van der Waals surface area (Å²) in [6, 6.07) is 20.2. The van der Waals surface area contributed by atoms with Gasteiger partial charge in [-0.15, -0.1) is 0 Å². The number of rotatable bonds is 14. The number of carboxylic acids is 1. The van der Waals surface area contributed by atoms with E-state index in [2.05, 4.69) is 37.6 Å². The number of hydrogen-bond donors (Lipinski definition) is 4. The topological polar surface area (TPSA) is 155 Å². The fraction of sp³-hybridized carbons (Fsp3) is 0.278. The average Bonchev–Trinajstić information content (AvgIpc) is 3.46. The van der Waals surface area contributed by atoms with Crippen molar-refractivity contribution in [2.45, 2.75) is 70.1 Å². The van der Waals surface area contributed by atoms with Crippen LogP contribution in [0.15, 0.2) is 96.2 Å². The summed E-state index contributed by atoms with van der Waals surface area (Å²) >= 11 is 0. The molecule has 0 aliphatic rings. The van der Waals surface area contributed by atoms with Crippen LogP contribution < -0.4 is 15.4 Å². The standard InChI is InChI=1S/C36H40N6O5S/c1-5-29(39-31-13-9-10-17-37-31)32(33(36(44)45)41-48(46,47)34-24(3)19-23(2)20-25(34)4)40-35(43)27-14-15-30-28(21-27)22-38-42(30)18-16-26-11-7-6-8-12-26/h6-15,17,19-22,29,32-33,41H,5,16,18H2,1-4H3,(H,37,39)(H,40,43)(H,44,45). The minimum absolute atomic E-state index is 0.00453. The first-order chi connectivity index (χ1) is 23.0. The monoisotopic (exact) mass is 668 g/mol. The first-order valence-corrected chi connectivity index (χ1v) is 17.3. The fourth-order valence-electron chi connectivity index (χ4n) is 6.12. The van der Waals surface area contributed by atoms with Gasteiger partial charge in [0.05, 0.1) is 22.7 Å². The summed E-state index contributed by atoms with van der Waals surface area (Å²) in [5.74, 6) is -1.55. The maximum Gasteiger partial charge on any atom is 0.323 e. The van der Waals surface area contributed by atoms with Crippen molar-refractivity contribution in [3.8, 4) is 0 Å². The molecule has 0 saturated heterocycles. The minimum atomic E-state index is -4.33. The smallest absolute Gasteiger partial charge is 0.323 e. The number of aliphatic carboxylic acids is 1. The van der Waals surface area contributed by atoms with Gasteiger partial charge in [-0.3, -0.25) is 14.3 Å². The van der Waals surface area contributed by atoms with Crippen molar-refractivity contribution in [3.63, 3.8) is 0 Å². The number of nitrogens with zero attached hydrogens (tertiary/aromatic N) is 3. The van der Waals surface area contributed by atoms with E-state index >= 15 is 0 Å². The SMILES string of the molecule is CCC(Nc1ccccn1)C(NC(=O)c1ccc2c(cnn2CCc2ccccc2)c1)C(NS(=O)(=O)c1c(C)cc(C)cc1C)C(=O)O. The molecule has 4 N–H and O–H groups in total. The number of carboxylic acid groups (broad SMARTS) is 1. The van der Waals surface area contributed by atoms with E-state index in [1.165, 1.54) is 5.56 Å². The van der Waals surface area contributed by atoms with Crippen molar-refractivity contribution in [1.29, 1.82) is 0 Å². The van der Waals surface area contributed by atoms with Crippen LogP contribution in [0.4, 0.5) is 5.82 Å². The number of aromatic nitrogens is 3. The van der Waals surface area contributed by atoms with E-state index < -0.39 is 40.0 Å². The maximum atomic E-state index is 13.8. The summed E-state index contributed by atoms with van der Waals surface area (Å²) in [5.41, 5.74) is 4.17. The van der Waals surface area contributed by atoms with Crippen molar-refractivity contribution in [3.05, 3.63) is 119 Å². The Morgan fingerprint density at radius 2 is 1.65 bits per heavy atom. The van der Waals surface area contributed by atoms with Crippen LogP contribution in [0.5, 0.6) is 0 Å². The van der Waals surface area contributed by atoms with Gasteiger partial charge in [-0.05, 0) is 80.6 Å². The Bertz CT molecular complexity index is 1990. The molecule has 0 aliphatic heterocycles. The van der Waals surface area contributed by atoms with Gasteiger partial charge in [-0.1, -0.05) is 61.0 Å². The third kappa shape index (κ3) is 7.89. The zero-order valence-electron chi connectivity index (χ0n) is 27.3. The van der Waals surface area contributed by atoms with Gasteiger partial charge < -0.3 is 15.7 Å². The van der Waals surface area contributed by atoms with Crippen LogP contribution in [-0.4, -0.2) is 58.3 Å². The molecular weight excluding hydrogens is 629 g/mol. The zero-order chi connectivity index (χ0) is 34.4. The van der Waals surface area contributed by atoms with Crippen LogP contribution in [0, 0.1) is 20.8 Å². The van der Waals surface area contributed by atoms with E-state index in [1.807, 2.05) is 36.7 Å². The predicted octanol–water partition coefficient (Wildman–Crippen LogP) is 5.02. The lowest BCUT2D eigenvalue weighted by Crippen LogP contribution is -2.61. The minimum Gasteiger partial charge on any atom is -0.480 e. The summed E-state index contributed by atoms with van der Waals surface area (Å²) in [7, 11) is -4.33. The van der Waals surface area contributed by atoms with Crippen LogP contribution in [0.3, 0.4) is 0 Å². The average molecular weight is 669 g/mol. The van der Waals surface area contributed by atoms with Gasteiger partial charge in [0, 0.05) is 29.7 Å². The lowest BCUT2D eigenvalue weighted by molar-refractivity contribution is -0.139. The first-order valence-electron chi connectivity index (χ1n) is 15.8. The summed E-state index contributed by atoms with van der Waals surface area (Å²) in [6.07, 6.45) is 4.39. The van der Waals surface area contributed by atoms with Gasteiger partial charge >= 0.3 is 5.97 Å². The molecule has 2 heterocycles. The molecule has 0 saturated carbocycles. The molecule has 5 rings (SSSR count). The summed E-state index contributed by atoms with van der Waals surface area (Å²) in [4.78, 5) is 31.0. The van der Waals surface area contributed by atoms with Crippen molar-refractivity contribution >= 4 is 38.6 Å². The first kappa shape index (κ1) is 34.3. The molecule has 12 heteroatoms. The van der Waals surface area contributed by atoms with E-state index in [-0.39, 0.29) is 10.5 Å². The van der Waals surface area contributed by atoms with Crippen molar-refractivity contribution in [2.75, 3.05) is 5.32 Å². The summed E-state index contributed by atoms with van der Waals surface area (Å²) in [6.45, 7) is 7.66. The molecule has 2 aromatic heterocycles. The quantitative estimate of drug-likeness (QED) is 0.129. The Hall–Kier alpha value is -5.07. The molecule has 0 spiro atoms. The lowest BCUT2D eigenvalue weighted by atomic mass is 9.97. The number of fused-ring (bicyclic) bond motifs is 1. The number of aryl methyl sites for hydroxylation is 5. The number of nitrogens with one attached hydrogen (secondary N) is 3. The third-order valence-corrected chi connectivity index (χ3v) is 10.1. The molecule has 11 nitrogen and oxygen atoms in total. The molecule has 0 radical (unpaired) electrons. The van der Waals surface area contributed by atoms with E-state index in [9.17, 15) is 23.1 Å². The van der Waals surface area contributed by atoms with E-state index in [4.69, 9.17) is 0 Å². The normalized spacial score (nSPS) is 13.5. The van der Waals surface area contributed by atoms with Crippen LogP contribution in [0.2, 0.25) is 0 Å². The highest BCUT2D eigenvalue weighted by Gasteiger charge is 2.39. The van der Waals surface area contributed by atoms with E-state index in [1.54, 1.807) is 74.8 Å². The molecule has 0 bridgehead atoms. The fourth-order valence-corrected chi connectivity index (χ4v) is 7.78. The second-order valence-corrected chi connectivity index (χ2v) is 13.6. The molecule has 3 unspecified atom stereocenters. The molecule has 3 atom stereocenters. The van der Waals surface area contributed by atoms with Gasteiger partial charge in [0.2, 0.25) is 10.0 Å². The van der Waals surface area contributed by atoms with E-state index in [0.717, 1.165) is 22.9 Å². The molecule has 0 aliphatic carbocycles. The van der Waals surface area contributed by atoms with Crippen molar-refractivity contribution < 1.29 is 23.1 Å². The number of carbonyl (C=O) groups excluding carboxylic acids is 1. The second-order valence-electron chi connectivity index (χ2n) is 11.9. The van der Waals surface area contributed by atoms with Gasteiger partial charge in [-0.2, -0.15) is 9.82 Å². The van der Waals surface area contributed by atoms with Gasteiger partial charge in [-0.25, -0.2) is 13.4 Å². The van der Waals surface area contributed by atoms with Crippen molar-refractivity contribution in [2.24, 2.45) is 0 Å². The molecule has 3 aromatic carbocycles. The molecule has 0 fully saturated rings. The second kappa shape index (κ2) is 14.8. The Morgan fingerprint density at radius 3 is 2.29 bits per heavy atom. The Morgan fingerprint density at radius 1 is 0.938 bits per heavy atom. The predicted molar refractivity (Wildman–Crippen MR) is 185 cm³/mol. The third-order valence-electron chi connectivity index (χ3n) is 8.31. The van der Waals surface area contributed by atoms with Crippen LogP contribution in [0.25, 0.3) is 10.9 Å². The number of benzene rings is 3. The van der Waals surface area contributed by atoms with E-state index in [0.29, 0.717) is 29.9 Å². The van der Waals surface area contributed by atoms with Crippen LogP contribution in [-0.2, 0) is 27.8 Å². The zero-order valence-corrected chi connectivity index (χ0v) is 28.2. The molecule has 1 amide bonds.